The molecule has 0 aromatic heterocycles. The first-order valence-corrected chi connectivity index (χ1v) is 21.7. The minimum absolute atomic E-state index is 0.294. The summed E-state index contributed by atoms with van der Waals surface area (Å²) < 4.78 is 13.6. The molecule has 0 radical (unpaired) electrons. The van der Waals surface area contributed by atoms with Gasteiger partial charge in [-0.05, 0) is 0 Å². The van der Waals surface area contributed by atoms with E-state index in [1.54, 1.807) is 13.3 Å². The van der Waals surface area contributed by atoms with Crippen molar-refractivity contribution in [2.45, 2.75) is 112 Å². The van der Waals surface area contributed by atoms with Gasteiger partial charge in [-0.2, -0.15) is 0 Å². The molecule has 0 fully saturated rings. The molecule has 0 aromatic carbocycles. The summed E-state index contributed by atoms with van der Waals surface area (Å²) in [5, 5.41) is 0.294. The van der Waals surface area contributed by atoms with E-state index < -0.39 is 26.7 Å². The molecular weight excluding hydrogens is 439 g/mol. The van der Waals surface area contributed by atoms with E-state index in [0.717, 1.165) is 6.61 Å². The average Bonchev–Trinajstić information content (AvgIpc) is 2.57. The summed E-state index contributed by atoms with van der Waals surface area (Å²) in [7, 11) is -1.62. The molecule has 0 saturated carbocycles. The number of hydrogen-bond donors (Lipinski definition) is 0. The van der Waals surface area contributed by atoms with Crippen molar-refractivity contribution in [1.29, 1.82) is 0 Å². The zero-order valence-electron chi connectivity index (χ0n) is 19.3. The molecule has 0 unspecified atom stereocenters. The topological polar surface area (TPSA) is 9.23 Å². The summed E-state index contributed by atoms with van der Waals surface area (Å²) in [4.78, 5) is 0. The Labute approximate surface area is 171 Å². The molecule has 3 heteroatoms. The SMILES string of the molecule is CCC[CH2][Sn](/[CH]=C/C=C\CO[Si](C)(C)C(C)(C)C)([CH2]CCC)[CH2]CCC. The van der Waals surface area contributed by atoms with Gasteiger partial charge in [-0.3, -0.25) is 0 Å². The van der Waals surface area contributed by atoms with Gasteiger partial charge in [0.2, 0.25) is 0 Å². The van der Waals surface area contributed by atoms with Crippen molar-refractivity contribution in [3.63, 3.8) is 0 Å². The van der Waals surface area contributed by atoms with Gasteiger partial charge in [0.05, 0.1) is 0 Å². The van der Waals surface area contributed by atoms with Gasteiger partial charge in [-0.1, -0.05) is 0 Å². The molecule has 26 heavy (non-hydrogen) atoms. The van der Waals surface area contributed by atoms with Crippen molar-refractivity contribution < 1.29 is 4.43 Å². The first kappa shape index (κ1) is 26.5. The molecular formula is C23H48OSiSn. The molecule has 1 nitrogen and oxygen atoms in total. The molecule has 0 bridgehead atoms. The summed E-state index contributed by atoms with van der Waals surface area (Å²) >= 11 is -2.10. The Morgan fingerprint density at radius 1 is 0.808 bits per heavy atom. The van der Waals surface area contributed by atoms with Crippen LogP contribution in [-0.4, -0.2) is 33.3 Å². The van der Waals surface area contributed by atoms with Gasteiger partial charge in [0.1, 0.15) is 0 Å². The molecule has 0 N–H and O–H groups in total. The molecule has 0 aliphatic carbocycles. The van der Waals surface area contributed by atoms with Gasteiger partial charge >= 0.3 is 172 Å². The molecule has 0 heterocycles. The van der Waals surface area contributed by atoms with Crippen molar-refractivity contribution in [3.8, 4) is 0 Å². The maximum atomic E-state index is 6.26. The first-order valence-electron chi connectivity index (χ1n) is 11.1. The Morgan fingerprint density at radius 3 is 1.65 bits per heavy atom. The monoisotopic (exact) mass is 488 g/mol. The van der Waals surface area contributed by atoms with Gasteiger partial charge in [0.15, 0.2) is 0 Å². The Kier molecular flexibility index (Phi) is 13.8. The molecule has 0 aliphatic rings. The van der Waals surface area contributed by atoms with Gasteiger partial charge < -0.3 is 0 Å². The van der Waals surface area contributed by atoms with Gasteiger partial charge in [0, 0.05) is 0 Å². The molecule has 0 amide bonds. The zero-order valence-corrected chi connectivity index (χ0v) is 23.1. The van der Waals surface area contributed by atoms with Crippen LogP contribution in [0.1, 0.15) is 80.1 Å². The summed E-state index contributed by atoms with van der Waals surface area (Å²) in [5.74, 6) is 0. The van der Waals surface area contributed by atoms with E-state index >= 15 is 0 Å². The fourth-order valence-electron chi connectivity index (χ4n) is 3.08. The summed E-state index contributed by atoms with van der Waals surface area (Å²) in [6.45, 7) is 19.4. The van der Waals surface area contributed by atoms with Crippen LogP contribution in [0.25, 0.3) is 0 Å². The van der Waals surface area contributed by atoms with E-state index in [2.05, 4.69) is 77.0 Å². The van der Waals surface area contributed by atoms with Crippen LogP contribution in [0.15, 0.2) is 22.3 Å². The fourth-order valence-corrected chi connectivity index (χ4v) is 18.1. The minimum atomic E-state index is -2.10. The van der Waals surface area contributed by atoms with E-state index in [-0.39, 0.29) is 0 Å². The third-order valence-electron chi connectivity index (χ3n) is 6.13. The number of unbranched alkanes of at least 4 members (excludes halogenated alkanes) is 3. The number of rotatable bonds is 14. The van der Waals surface area contributed by atoms with Gasteiger partial charge in [-0.25, -0.2) is 0 Å². The predicted molar refractivity (Wildman–Crippen MR) is 126 cm³/mol. The standard InChI is InChI=1S/C11H21OSi.3C4H9.Sn/c1-7-8-9-10-12-13(5,6)11(2,3)4;3*1-3-4-2;/h1,7-9H,10H2,2-6H3;3*1,3-4H2,2H3;/b7-1?,9-8-;;;;. The van der Waals surface area contributed by atoms with E-state index in [1.807, 2.05) is 0 Å². The second-order valence-electron chi connectivity index (χ2n) is 9.53. The van der Waals surface area contributed by atoms with Crippen molar-refractivity contribution in [1.82, 2.24) is 0 Å². The van der Waals surface area contributed by atoms with Crippen LogP contribution in [0, 0.1) is 0 Å². The predicted octanol–water partition coefficient (Wildman–Crippen LogP) is 8.51. The Hall–Kier alpha value is 0.456. The number of hydrogen-bond acceptors (Lipinski definition) is 1. The van der Waals surface area contributed by atoms with Crippen LogP contribution in [-0.2, 0) is 4.43 Å². The van der Waals surface area contributed by atoms with E-state index in [4.69, 9.17) is 4.43 Å². The summed E-state index contributed by atoms with van der Waals surface area (Å²) in [6.07, 6.45) is 15.2. The van der Waals surface area contributed by atoms with Crippen molar-refractivity contribution in [3.05, 3.63) is 22.3 Å². The first-order chi connectivity index (χ1) is 12.1. The summed E-state index contributed by atoms with van der Waals surface area (Å²) in [6, 6.07) is 0. The van der Waals surface area contributed by atoms with E-state index in [1.165, 1.54) is 38.5 Å². The zero-order chi connectivity index (χ0) is 20.1. The third-order valence-corrected chi connectivity index (χ3v) is 24.7. The molecule has 0 aromatic rings. The normalized spacial score (nSPS) is 14.0. The average molecular weight is 487 g/mol. The van der Waals surface area contributed by atoms with Gasteiger partial charge in [-0.15, -0.1) is 0 Å². The van der Waals surface area contributed by atoms with Crippen LogP contribution >= 0.6 is 0 Å². The Bertz CT molecular complexity index is 385. The Balaban J connectivity index is 4.85. The molecule has 154 valence electrons. The maximum absolute atomic E-state index is 6.26. The van der Waals surface area contributed by atoms with Gasteiger partial charge in [0.25, 0.3) is 0 Å². The number of allylic oxidation sites excluding steroid dienone is 2. The van der Waals surface area contributed by atoms with Crippen LogP contribution < -0.4 is 0 Å². The molecule has 0 aliphatic heterocycles. The fraction of sp³-hybridized carbons (Fsp3) is 0.826. The molecule has 0 spiro atoms. The van der Waals surface area contributed by atoms with Crippen molar-refractivity contribution in [2.75, 3.05) is 6.61 Å². The van der Waals surface area contributed by atoms with Crippen LogP contribution in [0.5, 0.6) is 0 Å². The van der Waals surface area contributed by atoms with Crippen molar-refractivity contribution in [2.24, 2.45) is 0 Å². The quantitative estimate of drug-likeness (QED) is 0.176. The Morgan fingerprint density at radius 2 is 1.27 bits per heavy atom. The van der Waals surface area contributed by atoms with E-state index in [0.29, 0.717) is 5.04 Å². The third kappa shape index (κ3) is 10.7. The molecule has 0 saturated heterocycles. The van der Waals surface area contributed by atoms with Crippen molar-refractivity contribution >= 4 is 26.7 Å². The summed E-state index contributed by atoms with van der Waals surface area (Å²) in [5.41, 5.74) is 0. The van der Waals surface area contributed by atoms with Crippen LogP contribution in [0.3, 0.4) is 0 Å². The van der Waals surface area contributed by atoms with Crippen LogP contribution in [0.2, 0.25) is 31.4 Å². The second-order valence-corrected chi connectivity index (χ2v) is 27.4. The van der Waals surface area contributed by atoms with Crippen LogP contribution in [0.4, 0.5) is 0 Å². The van der Waals surface area contributed by atoms with E-state index in [9.17, 15) is 0 Å². The molecule has 0 rings (SSSR count). The second kappa shape index (κ2) is 13.6. The molecule has 0 atom stereocenters.